The number of aromatic nitrogens is 3. The van der Waals surface area contributed by atoms with E-state index >= 15 is 0 Å². The smallest absolute Gasteiger partial charge is 0.254 e. The Morgan fingerprint density at radius 2 is 1.57 bits per heavy atom. The lowest BCUT2D eigenvalue weighted by Gasteiger charge is -2.18. The molecule has 0 aliphatic carbocycles. The first-order valence-electron chi connectivity index (χ1n) is 11.6. The van der Waals surface area contributed by atoms with Gasteiger partial charge in [0.2, 0.25) is 0 Å². The molecule has 2 aromatic heterocycles. The Kier molecular flexibility index (Phi) is 6.59. The topological polar surface area (TPSA) is 59.3 Å². The van der Waals surface area contributed by atoms with E-state index in [-0.39, 0.29) is 11.8 Å². The molecule has 0 bridgehead atoms. The largest absolute Gasteiger partial charge is 0.352 e. The maximum absolute atomic E-state index is 13.1. The number of nitrogens with zero attached hydrogens (tertiary/aromatic N) is 3. The molecule has 0 aliphatic rings. The molecule has 35 heavy (non-hydrogen) atoms. The van der Waals surface area contributed by atoms with E-state index in [1.165, 1.54) is 11.1 Å². The normalized spacial score (nSPS) is 11.2. The summed E-state index contributed by atoms with van der Waals surface area (Å²) >= 11 is 6.35. The van der Waals surface area contributed by atoms with Gasteiger partial charge in [0.25, 0.3) is 5.91 Å². The summed E-state index contributed by atoms with van der Waals surface area (Å²) in [6.45, 7) is 2.42. The molecule has 1 N–H and O–H groups in total. The highest BCUT2D eigenvalue weighted by molar-refractivity contribution is 6.33. The predicted octanol–water partition coefficient (Wildman–Crippen LogP) is 6.31. The van der Waals surface area contributed by atoms with Gasteiger partial charge in [0, 0.05) is 30.3 Å². The van der Waals surface area contributed by atoms with Crippen LogP contribution >= 0.6 is 11.6 Å². The molecule has 0 radical (unpaired) electrons. The first-order chi connectivity index (χ1) is 17.1. The Hall–Kier alpha value is -3.96. The molecule has 174 valence electrons. The fraction of sp³-hybridized carbons (Fsp3) is 0.138. The van der Waals surface area contributed by atoms with Crippen molar-refractivity contribution in [3.63, 3.8) is 0 Å². The molecule has 0 saturated carbocycles. The van der Waals surface area contributed by atoms with Crippen molar-refractivity contribution in [1.29, 1.82) is 0 Å². The van der Waals surface area contributed by atoms with E-state index in [4.69, 9.17) is 11.6 Å². The number of halogens is 1. The molecule has 1 amide bonds. The summed E-state index contributed by atoms with van der Waals surface area (Å²) in [7, 11) is 0. The van der Waals surface area contributed by atoms with E-state index in [1.807, 2.05) is 49.4 Å². The zero-order valence-corrected chi connectivity index (χ0v) is 20.1. The van der Waals surface area contributed by atoms with Crippen LogP contribution in [0, 0.1) is 6.92 Å². The standard InChI is InChI=1S/C29H25ClN4O/c1-20-25(19-32-28-18-27(33-34(20)28)24-14-8-9-15-26(24)30)29(35)31-17-16-23(21-10-4-2-5-11-21)22-12-6-3-7-13-22/h2-15,18-19,23H,16-17H2,1H3,(H,31,35). The summed E-state index contributed by atoms with van der Waals surface area (Å²) in [6.07, 6.45) is 2.40. The van der Waals surface area contributed by atoms with Crippen LogP contribution < -0.4 is 5.32 Å². The Morgan fingerprint density at radius 3 is 2.23 bits per heavy atom. The minimum atomic E-state index is -0.161. The number of benzene rings is 3. The fourth-order valence-electron chi connectivity index (χ4n) is 4.39. The number of hydrogen-bond donors (Lipinski definition) is 1. The zero-order chi connectivity index (χ0) is 24.2. The van der Waals surface area contributed by atoms with Crippen LogP contribution in [0.25, 0.3) is 16.9 Å². The summed E-state index contributed by atoms with van der Waals surface area (Å²) in [4.78, 5) is 17.6. The molecule has 0 aliphatic heterocycles. The molecule has 0 unspecified atom stereocenters. The van der Waals surface area contributed by atoms with Gasteiger partial charge in [0.15, 0.2) is 5.65 Å². The molecule has 5 aromatic rings. The second-order valence-electron chi connectivity index (χ2n) is 8.46. The number of fused-ring (bicyclic) bond motifs is 1. The Balaban J connectivity index is 1.34. The second kappa shape index (κ2) is 10.1. The monoisotopic (exact) mass is 480 g/mol. The number of hydrogen-bond acceptors (Lipinski definition) is 3. The van der Waals surface area contributed by atoms with Crippen molar-refractivity contribution in [2.45, 2.75) is 19.3 Å². The SMILES string of the molecule is Cc1c(C(=O)NCCC(c2ccccc2)c2ccccc2)cnc2cc(-c3ccccc3Cl)nn12. The van der Waals surface area contributed by atoms with Crippen molar-refractivity contribution in [2.75, 3.05) is 6.54 Å². The maximum Gasteiger partial charge on any atom is 0.254 e. The number of rotatable bonds is 7. The lowest BCUT2D eigenvalue weighted by molar-refractivity contribution is 0.0951. The summed E-state index contributed by atoms with van der Waals surface area (Å²) in [5.41, 5.74) is 5.92. The van der Waals surface area contributed by atoms with Gasteiger partial charge in [-0.05, 0) is 30.5 Å². The summed E-state index contributed by atoms with van der Waals surface area (Å²) in [5.74, 6) is 0.0373. The molecular weight excluding hydrogens is 456 g/mol. The third-order valence-electron chi connectivity index (χ3n) is 6.24. The summed E-state index contributed by atoms with van der Waals surface area (Å²) in [5, 5.41) is 8.37. The Bertz CT molecular complexity index is 1430. The van der Waals surface area contributed by atoms with Crippen LogP contribution in [0.15, 0.2) is 97.2 Å². The first-order valence-corrected chi connectivity index (χ1v) is 12.0. The van der Waals surface area contributed by atoms with E-state index in [2.05, 4.69) is 63.9 Å². The molecule has 5 rings (SSSR count). The van der Waals surface area contributed by atoms with Gasteiger partial charge < -0.3 is 5.32 Å². The second-order valence-corrected chi connectivity index (χ2v) is 8.86. The number of carbonyl (C=O) groups is 1. The van der Waals surface area contributed by atoms with E-state index in [0.717, 1.165) is 23.4 Å². The van der Waals surface area contributed by atoms with Gasteiger partial charge >= 0.3 is 0 Å². The predicted molar refractivity (Wildman–Crippen MR) is 140 cm³/mol. The van der Waals surface area contributed by atoms with Gasteiger partial charge in [-0.3, -0.25) is 4.79 Å². The average molecular weight is 481 g/mol. The van der Waals surface area contributed by atoms with E-state index in [0.29, 0.717) is 22.8 Å². The Labute approximate surface area is 209 Å². The van der Waals surface area contributed by atoms with Gasteiger partial charge in [-0.15, -0.1) is 0 Å². The van der Waals surface area contributed by atoms with E-state index in [9.17, 15) is 4.79 Å². The van der Waals surface area contributed by atoms with Crippen LogP contribution in [-0.2, 0) is 0 Å². The van der Waals surface area contributed by atoms with Crippen molar-refractivity contribution < 1.29 is 4.79 Å². The van der Waals surface area contributed by atoms with Gasteiger partial charge in [-0.1, -0.05) is 90.5 Å². The zero-order valence-electron chi connectivity index (χ0n) is 19.4. The molecule has 0 spiro atoms. The highest BCUT2D eigenvalue weighted by atomic mass is 35.5. The molecule has 2 heterocycles. The quantitative estimate of drug-likeness (QED) is 0.297. The van der Waals surface area contributed by atoms with Crippen molar-refractivity contribution in [1.82, 2.24) is 19.9 Å². The van der Waals surface area contributed by atoms with Gasteiger partial charge in [-0.25, -0.2) is 9.50 Å². The highest BCUT2D eigenvalue weighted by Crippen LogP contribution is 2.28. The highest BCUT2D eigenvalue weighted by Gasteiger charge is 2.18. The van der Waals surface area contributed by atoms with E-state index in [1.54, 1.807) is 10.7 Å². The van der Waals surface area contributed by atoms with Crippen LogP contribution in [0.4, 0.5) is 0 Å². The first kappa shape index (κ1) is 22.8. The van der Waals surface area contributed by atoms with Crippen molar-refractivity contribution in [2.24, 2.45) is 0 Å². The number of carbonyl (C=O) groups excluding carboxylic acids is 1. The van der Waals surface area contributed by atoms with Crippen molar-refractivity contribution >= 4 is 23.2 Å². The van der Waals surface area contributed by atoms with Gasteiger partial charge in [0.1, 0.15) is 0 Å². The van der Waals surface area contributed by atoms with Crippen molar-refractivity contribution in [3.05, 3.63) is 125 Å². The number of aryl methyl sites for hydroxylation is 1. The number of amides is 1. The molecule has 0 atom stereocenters. The summed E-state index contributed by atoms with van der Waals surface area (Å²) < 4.78 is 1.70. The average Bonchev–Trinajstić information content (AvgIpc) is 3.33. The molecule has 0 saturated heterocycles. The lowest BCUT2D eigenvalue weighted by Crippen LogP contribution is -2.27. The fourth-order valence-corrected chi connectivity index (χ4v) is 4.63. The lowest BCUT2D eigenvalue weighted by atomic mass is 9.88. The Morgan fingerprint density at radius 1 is 0.943 bits per heavy atom. The number of nitrogens with one attached hydrogen (secondary N) is 1. The third-order valence-corrected chi connectivity index (χ3v) is 6.57. The molecule has 5 nitrogen and oxygen atoms in total. The van der Waals surface area contributed by atoms with Crippen molar-refractivity contribution in [3.8, 4) is 11.3 Å². The minimum absolute atomic E-state index is 0.161. The van der Waals surface area contributed by atoms with Crippen LogP contribution in [0.5, 0.6) is 0 Å². The van der Waals surface area contributed by atoms with Gasteiger partial charge in [0.05, 0.1) is 22.0 Å². The van der Waals surface area contributed by atoms with E-state index < -0.39 is 0 Å². The van der Waals surface area contributed by atoms with Crippen LogP contribution in [-0.4, -0.2) is 27.0 Å². The van der Waals surface area contributed by atoms with Crippen LogP contribution in [0.2, 0.25) is 5.02 Å². The van der Waals surface area contributed by atoms with Gasteiger partial charge in [-0.2, -0.15) is 5.10 Å². The maximum atomic E-state index is 13.1. The third kappa shape index (κ3) is 4.81. The molecular formula is C29H25ClN4O. The molecule has 6 heteroatoms. The van der Waals surface area contributed by atoms with Crippen LogP contribution in [0.3, 0.4) is 0 Å². The molecule has 0 fully saturated rings. The molecule has 3 aromatic carbocycles. The van der Waals surface area contributed by atoms with Crippen LogP contribution in [0.1, 0.15) is 39.5 Å². The summed E-state index contributed by atoms with van der Waals surface area (Å²) in [6, 6.07) is 30.2. The minimum Gasteiger partial charge on any atom is -0.352 e.